The van der Waals surface area contributed by atoms with Crippen molar-refractivity contribution in [3.8, 4) is 0 Å². The van der Waals surface area contributed by atoms with Gasteiger partial charge in [0.1, 0.15) is 5.82 Å². The van der Waals surface area contributed by atoms with Gasteiger partial charge in [0.25, 0.3) is 6.43 Å². The maximum Gasteiger partial charge on any atom is 0.250 e. The van der Waals surface area contributed by atoms with Crippen molar-refractivity contribution in [3.05, 3.63) is 34.6 Å². The van der Waals surface area contributed by atoms with Crippen LogP contribution >= 0.6 is 11.6 Å². The van der Waals surface area contributed by atoms with Crippen LogP contribution in [0.1, 0.15) is 11.6 Å². The van der Waals surface area contributed by atoms with Crippen LogP contribution in [0.5, 0.6) is 0 Å². The molecule has 0 saturated heterocycles. The number of halogens is 4. The average molecular weight is 253 g/mol. The second-order valence-electron chi connectivity index (χ2n) is 3.29. The van der Waals surface area contributed by atoms with Gasteiger partial charge in [-0.3, -0.25) is 0 Å². The summed E-state index contributed by atoms with van der Waals surface area (Å²) in [6.45, 7) is -0.400. The summed E-state index contributed by atoms with van der Waals surface area (Å²) in [4.78, 5) is 0. The minimum absolute atomic E-state index is 0.0898. The van der Waals surface area contributed by atoms with Gasteiger partial charge in [-0.2, -0.15) is 0 Å². The number of rotatable bonds is 5. The fourth-order valence-corrected chi connectivity index (χ4v) is 1.58. The maximum atomic E-state index is 13.0. The van der Waals surface area contributed by atoms with Crippen molar-refractivity contribution < 1.29 is 13.2 Å². The number of hydrogen-bond acceptors (Lipinski definition) is 2. The monoisotopic (exact) mass is 252 g/mol. The third-order valence-electron chi connectivity index (χ3n) is 2.04. The van der Waals surface area contributed by atoms with E-state index in [9.17, 15) is 13.2 Å². The Morgan fingerprint density at radius 2 is 2.00 bits per heavy atom. The fourth-order valence-electron chi connectivity index (χ4n) is 1.34. The normalized spacial score (nSPS) is 13.1. The van der Waals surface area contributed by atoms with Gasteiger partial charge in [-0.15, -0.1) is 0 Å². The predicted molar refractivity (Wildman–Crippen MR) is 57.2 cm³/mol. The molecule has 16 heavy (non-hydrogen) atoms. The highest BCUT2D eigenvalue weighted by atomic mass is 35.5. The topological polar surface area (TPSA) is 38.0 Å². The Kier molecular flexibility index (Phi) is 5.05. The van der Waals surface area contributed by atoms with Gasteiger partial charge in [0.05, 0.1) is 6.54 Å². The van der Waals surface area contributed by atoms with Crippen LogP contribution in [0.25, 0.3) is 0 Å². The van der Waals surface area contributed by atoms with Gasteiger partial charge in [0.15, 0.2) is 0 Å². The van der Waals surface area contributed by atoms with Crippen molar-refractivity contribution in [1.82, 2.24) is 5.32 Å². The Bertz CT molecular complexity index is 327. The first kappa shape index (κ1) is 13.3. The van der Waals surface area contributed by atoms with Crippen LogP contribution in [0.15, 0.2) is 18.2 Å². The molecule has 0 aliphatic rings. The van der Waals surface area contributed by atoms with Crippen LogP contribution in [0.4, 0.5) is 13.2 Å². The molecule has 3 N–H and O–H groups in total. The van der Waals surface area contributed by atoms with Crippen molar-refractivity contribution in [2.45, 2.75) is 12.5 Å². The SMILES string of the molecule is NCC(NCC(F)F)c1cc(F)cc(Cl)c1. The smallest absolute Gasteiger partial charge is 0.250 e. The van der Waals surface area contributed by atoms with Gasteiger partial charge in [-0.05, 0) is 23.8 Å². The van der Waals surface area contributed by atoms with Gasteiger partial charge < -0.3 is 11.1 Å². The summed E-state index contributed by atoms with van der Waals surface area (Å²) in [6.07, 6.45) is -2.47. The Morgan fingerprint density at radius 3 is 2.50 bits per heavy atom. The lowest BCUT2D eigenvalue weighted by Crippen LogP contribution is -2.31. The summed E-state index contributed by atoms with van der Waals surface area (Å²) in [5, 5.41) is 2.75. The molecule has 0 aliphatic heterocycles. The first-order chi connectivity index (χ1) is 7.52. The van der Waals surface area contributed by atoms with E-state index >= 15 is 0 Å². The summed E-state index contributed by atoms with van der Waals surface area (Å²) >= 11 is 5.66. The molecule has 2 nitrogen and oxygen atoms in total. The molecule has 0 heterocycles. The van der Waals surface area contributed by atoms with E-state index in [2.05, 4.69) is 5.32 Å². The zero-order valence-electron chi connectivity index (χ0n) is 8.39. The van der Waals surface area contributed by atoms with Crippen LogP contribution < -0.4 is 11.1 Å². The molecule has 0 aromatic heterocycles. The standard InChI is InChI=1S/C10H12ClF3N2/c11-7-1-6(2-8(12)3-7)9(4-15)16-5-10(13)14/h1-3,9-10,16H,4-5,15H2. The van der Waals surface area contributed by atoms with Gasteiger partial charge in [-0.1, -0.05) is 11.6 Å². The van der Waals surface area contributed by atoms with Crippen LogP contribution in [0, 0.1) is 5.82 Å². The quantitative estimate of drug-likeness (QED) is 0.844. The number of benzene rings is 1. The maximum absolute atomic E-state index is 13.0. The number of alkyl halides is 2. The van der Waals surface area contributed by atoms with E-state index in [4.69, 9.17) is 17.3 Å². The van der Waals surface area contributed by atoms with Crippen molar-refractivity contribution in [2.24, 2.45) is 5.73 Å². The molecule has 1 atom stereocenters. The van der Waals surface area contributed by atoms with E-state index in [1.54, 1.807) is 0 Å². The molecule has 0 spiro atoms. The summed E-state index contributed by atoms with van der Waals surface area (Å²) in [5.74, 6) is -0.514. The zero-order chi connectivity index (χ0) is 12.1. The molecule has 1 aromatic rings. The van der Waals surface area contributed by atoms with Crippen LogP contribution in [-0.2, 0) is 0 Å². The minimum Gasteiger partial charge on any atom is -0.329 e. The summed E-state index contributed by atoms with van der Waals surface area (Å²) in [5.41, 5.74) is 5.88. The second-order valence-corrected chi connectivity index (χ2v) is 3.73. The highest BCUT2D eigenvalue weighted by molar-refractivity contribution is 6.30. The molecule has 0 bridgehead atoms. The van der Waals surface area contributed by atoms with Gasteiger partial charge >= 0.3 is 0 Å². The predicted octanol–water partition coefficient (Wildman–Crippen LogP) is 2.33. The molecule has 1 rings (SSSR count). The molecule has 0 radical (unpaired) electrons. The third-order valence-corrected chi connectivity index (χ3v) is 2.26. The molecule has 0 amide bonds. The van der Waals surface area contributed by atoms with Crippen molar-refractivity contribution >= 4 is 11.6 Å². The summed E-state index contributed by atoms with van der Waals surface area (Å²) < 4.78 is 37.0. The lowest BCUT2D eigenvalue weighted by molar-refractivity contribution is 0.141. The molecule has 1 unspecified atom stereocenters. The molecule has 0 saturated carbocycles. The van der Waals surface area contributed by atoms with E-state index in [0.29, 0.717) is 5.56 Å². The molecule has 0 aliphatic carbocycles. The van der Waals surface area contributed by atoms with Gasteiger partial charge in [-0.25, -0.2) is 13.2 Å². The Balaban J connectivity index is 2.78. The average Bonchev–Trinajstić information content (AvgIpc) is 2.16. The summed E-state index contributed by atoms with van der Waals surface area (Å²) in [7, 11) is 0. The number of nitrogens with two attached hydrogens (primary N) is 1. The third kappa shape index (κ3) is 4.00. The van der Waals surface area contributed by atoms with E-state index in [1.165, 1.54) is 12.1 Å². The first-order valence-corrected chi connectivity index (χ1v) is 5.08. The van der Waals surface area contributed by atoms with Gasteiger partial charge in [0.2, 0.25) is 0 Å². The fraction of sp³-hybridized carbons (Fsp3) is 0.400. The lowest BCUT2D eigenvalue weighted by Gasteiger charge is -2.17. The van der Waals surface area contributed by atoms with Crippen LogP contribution in [0.2, 0.25) is 5.02 Å². The van der Waals surface area contributed by atoms with E-state index in [0.717, 1.165) is 6.07 Å². The molecular weight excluding hydrogens is 241 g/mol. The highest BCUT2D eigenvalue weighted by Gasteiger charge is 2.13. The summed E-state index contributed by atoms with van der Waals surface area (Å²) in [6, 6.07) is 3.34. The second kappa shape index (κ2) is 6.08. The van der Waals surface area contributed by atoms with Gasteiger partial charge in [0, 0.05) is 17.6 Å². The first-order valence-electron chi connectivity index (χ1n) is 4.70. The molecule has 0 fully saturated rings. The van der Waals surface area contributed by atoms with E-state index in [1.807, 2.05) is 0 Å². The van der Waals surface area contributed by atoms with Crippen LogP contribution in [0.3, 0.4) is 0 Å². The lowest BCUT2D eigenvalue weighted by atomic mass is 10.1. The van der Waals surface area contributed by atoms with E-state index in [-0.39, 0.29) is 11.6 Å². The Hall–Kier alpha value is -0.780. The van der Waals surface area contributed by atoms with Crippen LogP contribution in [-0.4, -0.2) is 19.5 Å². The van der Waals surface area contributed by atoms with E-state index < -0.39 is 24.8 Å². The van der Waals surface area contributed by atoms with Crippen molar-refractivity contribution in [1.29, 1.82) is 0 Å². The van der Waals surface area contributed by atoms with Crippen molar-refractivity contribution in [2.75, 3.05) is 13.1 Å². The number of nitrogens with one attached hydrogen (secondary N) is 1. The zero-order valence-corrected chi connectivity index (χ0v) is 9.15. The van der Waals surface area contributed by atoms with Crippen molar-refractivity contribution in [3.63, 3.8) is 0 Å². The molecule has 90 valence electrons. The Morgan fingerprint density at radius 1 is 1.31 bits per heavy atom. The molecular formula is C10H12ClF3N2. The Labute approximate surface area is 96.6 Å². The molecule has 6 heteroatoms. The highest BCUT2D eigenvalue weighted by Crippen LogP contribution is 2.19. The number of hydrogen-bond donors (Lipinski definition) is 2. The largest absolute Gasteiger partial charge is 0.329 e. The minimum atomic E-state index is -2.47. The molecule has 1 aromatic carbocycles.